The molecule has 0 aromatic carbocycles. The Morgan fingerprint density at radius 2 is 2.43 bits per heavy atom. The summed E-state index contributed by atoms with van der Waals surface area (Å²) in [6, 6.07) is 3.71. The van der Waals surface area contributed by atoms with Gasteiger partial charge >= 0.3 is 0 Å². The summed E-state index contributed by atoms with van der Waals surface area (Å²) in [6.45, 7) is 1.48. The Balaban J connectivity index is 2.10. The van der Waals surface area contributed by atoms with E-state index in [0.29, 0.717) is 0 Å². The molecule has 0 fully saturated rings. The van der Waals surface area contributed by atoms with Crippen molar-refractivity contribution in [3.05, 3.63) is 22.4 Å². The molecule has 0 saturated heterocycles. The molecule has 0 aliphatic rings. The van der Waals surface area contributed by atoms with Crippen molar-refractivity contribution in [3.8, 4) is 0 Å². The summed E-state index contributed by atoms with van der Waals surface area (Å²) in [5.41, 5.74) is 0. The fraction of sp³-hybridized carbons (Fsp3) is 0.500. The molecule has 0 radical (unpaired) electrons. The summed E-state index contributed by atoms with van der Waals surface area (Å²) in [7, 11) is 1.68. The third-order valence-corrected chi connectivity index (χ3v) is 2.67. The Hall–Kier alpha value is -0.870. The fourth-order valence-electron chi connectivity index (χ4n) is 1.07. The highest BCUT2D eigenvalue weighted by atomic mass is 32.1. The first-order valence-corrected chi connectivity index (χ1v) is 5.53. The maximum atomic E-state index is 11.4. The minimum absolute atomic E-state index is 0.0254. The number of hydrogen-bond acceptors (Lipinski definition) is 3. The molecule has 1 heterocycles. The first-order chi connectivity index (χ1) is 6.84. The van der Waals surface area contributed by atoms with Crippen LogP contribution in [0.4, 0.5) is 0 Å². The highest BCUT2D eigenvalue weighted by molar-refractivity contribution is 7.12. The normalized spacial score (nSPS) is 10.1. The lowest BCUT2D eigenvalue weighted by Crippen LogP contribution is -2.23. The number of ether oxygens (including phenoxy) is 1. The third-order valence-electron chi connectivity index (χ3n) is 1.81. The first-order valence-electron chi connectivity index (χ1n) is 4.65. The van der Waals surface area contributed by atoms with Gasteiger partial charge in [0.15, 0.2) is 0 Å². The number of thiophene rings is 1. The molecule has 0 bridgehead atoms. The second-order valence-electron chi connectivity index (χ2n) is 2.93. The van der Waals surface area contributed by atoms with Crippen molar-refractivity contribution in [1.29, 1.82) is 0 Å². The van der Waals surface area contributed by atoms with E-state index in [1.807, 2.05) is 17.5 Å². The van der Waals surface area contributed by atoms with Crippen LogP contribution in [0.5, 0.6) is 0 Å². The zero-order valence-corrected chi connectivity index (χ0v) is 9.10. The molecule has 1 aromatic heterocycles. The Morgan fingerprint density at radius 1 is 1.57 bits per heavy atom. The van der Waals surface area contributed by atoms with Gasteiger partial charge in [-0.2, -0.15) is 0 Å². The third kappa shape index (κ3) is 3.89. The van der Waals surface area contributed by atoms with Gasteiger partial charge in [0.2, 0.25) is 0 Å². The van der Waals surface area contributed by atoms with Crippen LogP contribution >= 0.6 is 11.3 Å². The molecular weight excluding hydrogens is 198 g/mol. The molecule has 4 heteroatoms. The SMILES string of the molecule is COCCCCNC(=O)c1cccs1. The standard InChI is InChI=1S/C10H15NO2S/c1-13-7-3-2-6-11-10(12)9-5-4-8-14-9/h4-5,8H,2-3,6-7H2,1H3,(H,11,12). The monoisotopic (exact) mass is 213 g/mol. The predicted octanol–water partition coefficient (Wildman–Crippen LogP) is 1.90. The van der Waals surface area contributed by atoms with Gasteiger partial charge in [0, 0.05) is 20.3 Å². The van der Waals surface area contributed by atoms with E-state index < -0.39 is 0 Å². The van der Waals surface area contributed by atoms with Crippen LogP contribution in [-0.4, -0.2) is 26.2 Å². The maximum absolute atomic E-state index is 11.4. The Labute approximate surface area is 88.1 Å². The molecule has 0 aliphatic carbocycles. The number of rotatable bonds is 6. The Kier molecular flexibility index (Phi) is 5.25. The van der Waals surface area contributed by atoms with Gasteiger partial charge in [0.25, 0.3) is 5.91 Å². The molecule has 1 amide bonds. The molecule has 0 atom stereocenters. The quantitative estimate of drug-likeness (QED) is 0.733. The van der Waals surface area contributed by atoms with Crippen molar-refractivity contribution in [1.82, 2.24) is 5.32 Å². The Morgan fingerprint density at radius 3 is 3.07 bits per heavy atom. The smallest absolute Gasteiger partial charge is 0.261 e. The number of unbranched alkanes of at least 4 members (excludes halogenated alkanes) is 1. The lowest BCUT2D eigenvalue weighted by Gasteiger charge is -2.02. The van der Waals surface area contributed by atoms with Crippen LogP contribution in [0.25, 0.3) is 0 Å². The minimum atomic E-state index is 0.0254. The van der Waals surface area contributed by atoms with E-state index in [-0.39, 0.29) is 5.91 Å². The van der Waals surface area contributed by atoms with Gasteiger partial charge in [-0.15, -0.1) is 11.3 Å². The van der Waals surface area contributed by atoms with Crippen molar-refractivity contribution in [2.75, 3.05) is 20.3 Å². The van der Waals surface area contributed by atoms with E-state index in [0.717, 1.165) is 30.9 Å². The zero-order valence-electron chi connectivity index (χ0n) is 8.29. The maximum Gasteiger partial charge on any atom is 0.261 e. The van der Waals surface area contributed by atoms with Gasteiger partial charge in [-0.1, -0.05) is 6.07 Å². The molecular formula is C10H15NO2S. The summed E-state index contributed by atoms with van der Waals surface area (Å²) in [5, 5.41) is 4.76. The number of methoxy groups -OCH3 is 1. The van der Waals surface area contributed by atoms with Crippen LogP contribution in [0.2, 0.25) is 0 Å². The molecule has 1 aromatic rings. The van der Waals surface area contributed by atoms with Crippen molar-refractivity contribution in [2.45, 2.75) is 12.8 Å². The van der Waals surface area contributed by atoms with Crippen LogP contribution in [0.1, 0.15) is 22.5 Å². The van der Waals surface area contributed by atoms with E-state index in [1.54, 1.807) is 7.11 Å². The van der Waals surface area contributed by atoms with Crippen LogP contribution in [0.3, 0.4) is 0 Å². The topological polar surface area (TPSA) is 38.3 Å². The van der Waals surface area contributed by atoms with Gasteiger partial charge < -0.3 is 10.1 Å². The number of hydrogen-bond donors (Lipinski definition) is 1. The molecule has 0 aliphatic heterocycles. The van der Waals surface area contributed by atoms with E-state index in [9.17, 15) is 4.79 Å². The number of carbonyl (C=O) groups is 1. The lowest BCUT2D eigenvalue weighted by atomic mass is 10.3. The molecule has 1 N–H and O–H groups in total. The summed E-state index contributed by atoms with van der Waals surface area (Å²) < 4.78 is 4.91. The van der Waals surface area contributed by atoms with Crippen LogP contribution in [-0.2, 0) is 4.74 Å². The number of nitrogens with one attached hydrogen (secondary N) is 1. The van der Waals surface area contributed by atoms with Gasteiger partial charge in [-0.05, 0) is 24.3 Å². The molecule has 1 rings (SSSR count). The van der Waals surface area contributed by atoms with Gasteiger partial charge in [0.1, 0.15) is 0 Å². The van der Waals surface area contributed by atoms with E-state index in [2.05, 4.69) is 5.32 Å². The van der Waals surface area contributed by atoms with Crippen LogP contribution < -0.4 is 5.32 Å². The summed E-state index contributed by atoms with van der Waals surface area (Å²) in [5.74, 6) is 0.0254. The molecule has 0 unspecified atom stereocenters. The number of amides is 1. The lowest BCUT2D eigenvalue weighted by molar-refractivity contribution is 0.0955. The molecule has 0 saturated carbocycles. The summed E-state index contributed by atoms with van der Waals surface area (Å²) >= 11 is 1.46. The summed E-state index contributed by atoms with van der Waals surface area (Å²) in [4.78, 5) is 12.2. The minimum Gasteiger partial charge on any atom is -0.385 e. The highest BCUT2D eigenvalue weighted by Crippen LogP contribution is 2.07. The molecule has 3 nitrogen and oxygen atoms in total. The summed E-state index contributed by atoms with van der Waals surface area (Å²) in [6.07, 6.45) is 1.95. The van der Waals surface area contributed by atoms with Crippen molar-refractivity contribution >= 4 is 17.2 Å². The van der Waals surface area contributed by atoms with Gasteiger partial charge in [0.05, 0.1) is 4.88 Å². The second-order valence-corrected chi connectivity index (χ2v) is 3.88. The Bertz CT molecular complexity index is 259. The average Bonchev–Trinajstić information content (AvgIpc) is 2.70. The average molecular weight is 213 g/mol. The molecule has 0 spiro atoms. The van der Waals surface area contributed by atoms with Crippen molar-refractivity contribution in [3.63, 3.8) is 0 Å². The van der Waals surface area contributed by atoms with Crippen molar-refractivity contribution in [2.24, 2.45) is 0 Å². The van der Waals surface area contributed by atoms with Crippen LogP contribution in [0.15, 0.2) is 17.5 Å². The van der Waals surface area contributed by atoms with Crippen LogP contribution in [0, 0.1) is 0 Å². The highest BCUT2D eigenvalue weighted by Gasteiger charge is 2.03. The van der Waals surface area contributed by atoms with Gasteiger partial charge in [-0.3, -0.25) is 4.79 Å². The molecule has 78 valence electrons. The van der Waals surface area contributed by atoms with E-state index in [1.165, 1.54) is 11.3 Å². The zero-order chi connectivity index (χ0) is 10.2. The molecule has 14 heavy (non-hydrogen) atoms. The largest absolute Gasteiger partial charge is 0.385 e. The fourth-order valence-corrected chi connectivity index (χ4v) is 1.71. The second kappa shape index (κ2) is 6.56. The predicted molar refractivity (Wildman–Crippen MR) is 57.8 cm³/mol. The number of carbonyl (C=O) groups excluding carboxylic acids is 1. The first kappa shape index (κ1) is 11.2. The van der Waals surface area contributed by atoms with E-state index in [4.69, 9.17) is 4.74 Å². The van der Waals surface area contributed by atoms with Crippen molar-refractivity contribution < 1.29 is 9.53 Å². The van der Waals surface area contributed by atoms with Gasteiger partial charge in [-0.25, -0.2) is 0 Å². The van der Waals surface area contributed by atoms with E-state index >= 15 is 0 Å².